The van der Waals surface area contributed by atoms with Crippen LogP contribution in [0, 0.1) is 0 Å². The monoisotopic (exact) mass is 483 g/mol. The predicted octanol–water partition coefficient (Wildman–Crippen LogP) is 4.44. The Hall–Kier alpha value is -1.64. The first-order chi connectivity index (χ1) is 15.0. The number of piperidine rings is 1. The van der Waals surface area contributed by atoms with Crippen LogP contribution < -0.4 is 14.9 Å². The van der Waals surface area contributed by atoms with Crippen molar-refractivity contribution in [3.8, 4) is 0 Å². The molecule has 168 valence electrons. The van der Waals surface area contributed by atoms with Crippen molar-refractivity contribution in [2.45, 2.75) is 38.1 Å². The van der Waals surface area contributed by atoms with Crippen molar-refractivity contribution in [3.63, 3.8) is 0 Å². The number of halogens is 2. The number of nitrogens with one attached hydrogen (secondary N) is 2. The number of carbonyl (C=O) groups excluding carboxylic acids is 1. The lowest BCUT2D eigenvalue weighted by atomic mass is 10.0. The quantitative estimate of drug-likeness (QED) is 0.460. The molecule has 0 saturated carbocycles. The Morgan fingerprint density at radius 3 is 2.65 bits per heavy atom. The van der Waals surface area contributed by atoms with Crippen LogP contribution in [0.15, 0.2) is 42.5 Å². The number of rotatable bonds is 9. The molecule has 6 nitrogen and oxygen atoms in total. The molecule has 0 aromatic heterocycles. The standard InChI is InChI=1S/C22H27Cl2N3O3S/c23-20-6-3-4-16(21(20)24)12-15-27(31(29)30)19-9-7-17(8-10-19)22(28)26-14-11-18-5-1-2-13-25-18/h3-4,6-10,18,25H,1-2,5,11-15H2,(H,26,28)(H,29,30). The molecule has 0 spiro atoms. The molecule has 1 amide bonds. The van der Waals surface area contributed by atoms with Crippen molar-refractivity contribution in [2.24, 2.45) is 0 Å². The van der Waals surface area contributed by atoms with E-state index in [0.717, 1.165) is 24.9 Å². The highest BCUT2D eigenvalue weighted by molar-refractivity contribution is 7.80. The molecule has 0 radical (unpaired) electrons. The number of anilines is 1. The Morgan fingerprint density at radius 2 is 1.97 bits per heavy atom. The minimum absolute atomic E-state index is 0.148. The first-order valence-corrected chi connectivity index (χ1v) is 12.2. The number of benzene rings is 2. The van der Waals surface area contributed by atoms with Gasteiger partial charge in [0.1, 0.15) is 0 Å². The zero-order valence-electron chi connectivity index (χ0n) is 17.2. The van der Waals surface area contributed by atoms with Gasteiger partial charge >= 0.3 is 0 Å². The van der Waals surface area contributed by atoms with Gasteiger partial charge in [-0.1, -0.05) is 41.8 Å². The third kappa shape index (κ3) is 6.92. The highest BCUT2D eigenvalue weighted by atomic mass is 35.5. The smallest absolute Gasteiger partial charge is 0.261 e. The van der Waals surface area contributed by atoms with Crippen LogP contribution in [0.1, 0.15) is 41.6 Å². The normalized spacial score (nSPS) is 17.2. The van der Waals surface area contributed by atoms with Crippen LogP contribution in [-0.4, -0.2) is 40.3 Å². The molecular weight excluding hydrogens is 457 g/mol. The van der Waals surface area contributed by atoms with Gasteiger partial charge in [0, 0.05) is 24.7 Å². The van der Waals surface area contributed by atoms with E-state index in [-0.39, 0.29) is 12.5 Å². The highest BCUT2D eigenvalue weighted by Gasteiger charge is 2.16. The summed E-state index contributed by atoms with van der Waals surface area (Å²) in [4.78, 5) is 12.4. The first kappa shape index (κ1) is 24.0. The molecule has 0 bridgehead atoms. The number of carbonyl (C=O) groups is 1. The van der Waals surface area contributed by atoms with Crippen LogP contribution >= 0.6 is 23.2 Å². The summed E-state index contributed by atoms with van der Waals surface area (Å²) in [6.07, 6.45) is 4.96. The Labute approximate surface area is 195 Å². The van der Waals surface area contributed by atoms with Gasteiger partial charge in [0.25, 0.3) is 17.2 Å². The number of nitrogens with zero attached hydrogens (tertiary/aromatic N) is 1. The fraction of sp³-hybridized carbons (Fsp3) is 0.409. The third-order valence-corrected chi connectivity index (χ3v) is 7.04. The van der Waals surface area contributed by atoms with Gasteiger partial charge in [-0.3, -0.25) is 13.7 Å². The molecule has 1 aliphatic heterocycles. The van der Waals surface area contributed by atoms with Crippen LogP contribution in [0.2, 0.25) is 10.0 Å². The van der Waals surface area contributed by atoms with Crippen LogP contribution in [0.25, 0.3) is 0 Å². The molecule has 0 aliphatic carbocycles. The van der Waals surface area contributed by atoms with Crippen LogP contribution in [0.3, 0.4) is 0 Å². The van der Waals surface area contributed by atoms with Gasteiger partial charge in [-0.2, -0.15) is 0 Å². The van der Waals surface area contributed by atoms with Gasteiger partial charge in [0.15, 0.2) is 0 Å². The Kier molecular flexibility index (Phi) is 9.16. The summed E-state index contributed by atoms with van der Waals surface area (Å²) in [6, 6.07) is 12.5. The molecule has 2 atom stereocenters. The van der Waals surface area contributed by atoms with Gasteiger partial charge < -0.3 is 10.6 Å². The second-order valence-electron chi connectivity index (χ2n) is 7.53. The molecule has 1 saturated heterocycles. The topological polar surface area (TPSA) is 81.7 Å². The molecule has 31 heavy (non-hydrogen) atoms. The van der Waals surface area contributed by atoms with Crippen molar-refractivity contribution >= 4 is 46.1 Å². The first-order valence-electron chi connectivity index (χ1n) is 10.4. The van der Waals surface area contributed by atoms with Gasteiger partial charge in [0.2, 0.25) is 0 Å². The molecule has 1 aliphatic rings. The summed E-state index contributed by atoms with van der Waals surface area (Å²) >= 11 is 10.0. The second-order valence-corrected chi connectivity index (χ2v) is 9.22. The molecule has 1 fully saturated rings. The predicted molar refractivity (Wildman–Crippen MR) is 127 cm³/mol. The second kappa shape index (κ2) is 11.8. The molecule has 2 unspecified atom stereocenters. The maximum absolute atomic E-state index is 12.4. The zero-order chi connectivity index (χ0) is 22.2. The van der Waals surface area contributed by atoms with E-state index in [4.69, 9.17) is 23.2 Å². The Balaban J connectivity index is 1.56. The van der Waals surface area contributed by atoms with E-state index in [0.29, 0.717) is 40.3 Å². The molecule has 3 N–H and O–H groups in total. The number of hydrogen-bond donors (Lipinski definition) is 3. The number of amides is 1. The summed E-state index contributed by atoms with van der Waals surface area (Å²) < 4.78 is 23.0. The van der Waals surface area contributed by atoms with Crippen molar-refractivity contribution in [2.75, 3.05) is 23.9 Å². The van der Waals surface area contributed by atoms with Crippen molar-refractivity contribution in [1.29, 1.82) is 0 Å². The van der Waals surface area contributed by atoms with Crippen LogP contribution in [-0.2, 0) is 17.7 Å². The third-order valence-electron chi connectivity index (χ3n) is 5.41. The van der Waals surface area contributed by atoms with Gasteiger partial charge in [-0.15, -0.1) is 0 Å². The highest BCUT2D eigenvalue weighted by Crippen LogP contribution is 2.26. The summed E-state index contributed by atoms with van der Waals surface area (Å²) in [5, 5.41) is 7.31. The van der Waals surface area contributed by atoms with Crippen molar-refractivity contribution in [3.05, 3.63) is 63.6 Å². The van der Waals surface area contributed by atoms with E-state index in [1.807, 2.05) is 6.07 Å². The lowest BCUT2D eigenvalue weighted by molar-refractivity contribution is 0.0951. The van der Waals surface area contributed by atoms with E-state index < -0.39 is 11.3 Å². The minimum Gasteiger partial charge on any atom is -0.352 e. The number of hydrogen-bond acceptors (Lipinski definition) is 3. The fourth-order valence-corrected chi connectivity index (χ4v) is 4.64. The van der Waals surface area contributed by atoms with Crippen molar-refractivity contribution in [1.82, 2.24) is 10.6 Å². The van der Waals surface area contributed by atoms with Gasteiger partial charge in [-0.25, -0.2) is 4.21 Å². The molecule has 2 aromatic rings. The molecule has 3 rings (SSSR count). The maximum Gasteiger partial charge on any atom is 0.261 e. The van der Waals surface area contributed by atoms with E-state index in [1.165, 1.54) is 17.1 Å². The van der Waals surface area contributed by atoms with E-state index in [1.54, 1.807) is 36.4 Å². The SMILES string of the molecule is O=C(NCCC1CCCCN1)c1ccc(N(CCc2cccc(Cl)c2Cl)S(=O)O)cc1. The zero-order valence-corrected chi connectivity index (χ0v) is 19.5. The van der Waals surface area contributed by atoms with Crippen LogP contribution in [0.5, 0.6) is 0 Å². The lowest BCUT2D eigenvalue weighted by Crippen LogP contribution is -2.37. The van der Waals surface area contributed by atoms with Gasteiger partial charge in [-0.05, 0) is 68.1 Å². The Bertz CT molecular complexity index is 905. The molecule has 9 heteroatoms. The average molecular weight is 484 g/mol. The van der Waals surface area contributed by atoms with Gasteiger partial charge in [0.05, 0.1) is 15.7 Å². The summed E-state index contributed by atoms with van der Waals surface area (Å²) in [5.41, 5.74) is 1.86. The molecule has 1 heterocycles. The van der Waals surface area contributed by atoms with Crippen LogP contribution in [0.4, 0.5) is 5.69 Å². The molecular formula is C22H27Cl2N3O3S. The maximum atomic E-state index is 12.4. The summed E-state index contributed by atoms with van der Waals surface area (Å²) in [6.45, 7) is 1.93. The van der Waals surface area contributed by atoms with E-state index >= 15 is 0 Å². The van der Waals surface area contributed by atoms with Crippen molar-refractivity contribution < 1.29 is 13.6 Å². The summed E-state index contributed by atoms with van der Waals surface area (Å²) in [5.74, 6) is -0.148. The van der Waals surface area contributed by atoms with E-state index in [2.05, 4.69) is 10.6 Å². The fourth-order valence-electron chi connectivity index (χ4n) is 3.67. The largest absolute Gasteiger partial charge is 0.352 e. The summed E-state index contributed by atoms with van der Waals surface area (Å²) in [7, 11) is 0. The average Bonchev–Trinajstić information content (AvgIpc) is 2.77. The Morgan fingerprint density at radius 1 is 1.19 bits per heavy atom. The minimum atomic E-state index is -2.22. The lowest BCUT2D eigenvalue weighted by Gasteiger charge is -2.23. The van der Waals surface area contributed by atoms with E-state index in [9.17, 15) is 13.6 Å². The molecule has 2 aromatic carbocycles.